The Morgan fingerprint density at radius 1 is 1.29 bits per heavy atom. The number of ether oxygens (including phenoxy) is 1. The van der Waals surface area contributed by atoms with Crippen LogP contribution in [0.3, 0.4) is 0 Å². The second kappa shape index (κ2) is 7.32. The van der Waals surface area contributed by atoms with Gasteiger partial charge in [0, 0.05) is 31.0 Å². The average Bonchev–Trinajstić information content (AvgIpc) is 3.37. The van der Waals surface area contributed by atoms with Crippen LogP contribution in [0, 0.1) is 5.92 Å². The number of thioether (sulfide) groups is 1. The number of rotatable bonds is 6. The maximum atomic E-state index is 12.3. The summed E-state index contributed by atoms with van der Waals surface area (Å²) >= 11 is 1.84. The molecule has 1 aliphatic heterocycles. The Bertz CT molecular complexity index is 461. The quantitative estimate of drug-likeness (QED) is 0.757. The number of benzene rings is 1. The van der Waals surface area contributed by atoms with E-state index in [1.165, 1.54) is 18.4 Å². The van der Waals surface area contributed by atoms with Crippen molar-refractivity contribution in [2.24, 2.45) is 5.92 Å². The molecule has 1 saturated carbocycles. The summed E-state index contributed by atoms with van der Waals surface area (Å²) in [6.07, 6.45) is 3.51. The third-order valence-electron chi connectivity index (χ3n) is 4.17. The van der Waals surface area contributed by atoms with Gasteiger partial charge < -0.3 is 9.64 Å². The second-order valence-electron chi connectivity index (χ2n) is 5.87. The number of morpholine rings is 1. The molecule has 1 heterocycles. The molecule has 2 aliphatic rings. The number of hydrogen-bond acceptors (Lipinski definition) is 3. The lowest BCUT2D eigenvalue weighted by Gasteiger charge is -2.33. The van der Waals surface area contributed by atoms with Gasteiger partial charge in [-0.15, -0.1) is 0 Å². The van der Waals surface area contributed by atoms with Gasteiger partial charge in [0.05, 0.1) is 12.7 Å². The SMILES string of the molecule is O=C(CCSCc1ccccc1)N1CCO[C@@H](C2CC2)C1. The Hall–Kier alpha value is -1.00. The summed E-state index contributed by atoms with van der Waals surface area (Å²) < 4.78 is 5.77. The van der Waals surface area contributed by atoms with Crippen LogP contribution in [-0.2, 0) is 15.3 Å². The van der Waals surface area contributed by atoms with Crippen LogP contribution < -0.4 is 0 Å². The molecule has 1 amide bonds. The molecule has 1 atom stereocenters. The summed E-state index contributed by atoms with van der Waals surface area (Å²) in [6.45, 7) is 2.29. The summed E-state index contributed by atoms with van der Waals surface area (Å²) in [4.78, 5) is 14.3. The molecule has 0 aromatic heterocycles. The van der Waals surface area contributed by atoms with Gasteiger partial charge in [0.25, 0.3) is 0 Å². The lowest BCUT2D eigenvalue weighted by molar-refractivity contribution is -0.139. The molecule has 0 unspecified atom stereocenters. The average molecular weight is 305 g/mol. The smallest absolute Gasteiger partial charge is 0.223 e. The van der Waals surface area contributed by atoms with E-state index in [4.69, 9.17) is 4.74 Å². The summed E-state index contributed by atoms with van der Waals surface area (Å²) in [5.74, 6) is 2.90. The van der Waals surface area contributed by atoms with Gasteiger partial charge in [0.2, 0.25) is 5.91 Å². The molecule has 0 radical (unpaired) electrons. The van der Waals surface area contributed by atoms with Crippen LogP contribution in [0.5, 0.6) is 0 Å². The first kappa shape index (κ1) is 14.9. The van der Waals surface area contributed by atoms with E-state index < -0.39 is 0 Å². The summed E-state index contributed by atoms with van der Waals surface area (Å²) in [6, 6.07) is 10.4. The van der Waals surface area contributed by atoms with E-state index in [9.17, 15) is 4.79 Å². The van der Waals surface area contributed by atoms with Crippen molar-refractivity contribution in [1.82, 2.24) is 4.90 Å². The Morgan fingerprint density at radius 3 is 2.86 bits per heavy atom. The van der Waals surface area contributed by atoms with Crippen LogP contribution in [-0.4, -0.2) is 42.4 Å². The van der Waals surface area contributed by atoms with Gasteiger partial charge in [-0.05, 0) is 24.3 Å². The van der Waals surface area contributed by atoms with Crippen molar-refractivity contribution in [3.05, 3.63) is 35.9 Å². The van der Waals surface area contributed by atoms with Crippen LogP contribution in [0.4, 0.5) is 0 Å². The minimum atomic E-state index is 0.296. The molecule has 4 heteroatoms. The van der Waals surface area contributed by atoms with Crippen molar-refractivity contribution in [3.63, 3.8) is 0 Å². The highest BCUT2D eigenvalue weighted by Crippen LogP contribution is 2.35. The maximum Gasteiger partial charge on any atom is 0.223 e. The standard InChI is InChI=1S/C17H23NO2S/c19-17(8-11-21-13-14-4-2-1-3-5-14)18-9-10-20-16(12-18)15-6-7-15/h1-5,15-16H,6-13H2/t16-/m1/s1. The topological polar surface area (TPSA) is 29.5 Å². The minimum Gasteiger partial charge on any atom is -0.374 e. The van der Waals surface area contributed by atoms with E-state index >= 15 is 0 Å². The fourth-order valence-corrected chi connectivity index (χ4v) is 3.63. The summed E-state index contributed by atoms with van der Waals surface area (Å²) in [5.41, 5.74) is 1.33. The lowest BCUT2D eigenvalue weighted by Crippen LogP contribution is -2.46. The summed E-state index contributed by atoms with van der Waals surface area (Å²) in [5, 5.41) is 0. The first-order valence-electron chi connectivity index (χ1n) is 7.84. The second-order valence-corrected chi connectivity index (χ2v) is 6.98. The largest absolute Gasteiger partial charge is 0.374 e. The van der Waals surface area contributed by atoms with Gasteiger partial charge in [-0.25, -0.2) is 0 Å². The Kier molecular flexibility index (Phi) is 5.20. The predicted octanol–water partition coefficient (Wildman–Crippen LogP) is 2.95. The molecule has 0 N–H and O–H groups in total. The molecule has 1 aliphatic carbocycles. The predicted molar refractivity (Wildman–Crippen MR) is 86.3 cm³/mol. The number of hydrogen-bond donors (Lipinski definition) is 0. The van der Waals surface area contributed by atoms with E-state index in [1.54, 1.807) is 0 Å². The molecule has 2 fully saturated rings. The molecule has 3 nitrogen and oxygen atoms in total. The number of carbonyl (C=O) groups excluding carboxylic acids is 1. The Morgan fingerprint density at radius 2 is 2.10 bits per heavy atom. The highest BCUT2D eigenvalue weighted by molar-refractivity contribution is 7.98. The fourth-order valence-electron chi connectivity index (χ4n) is 2.74. The van der Waals surface area contributed by atoms with Crippen molar-refractivity contribution in [2.45, 2.75) is 31.1 Å². The number of amides is 1. The lowest BCUT2D eigenvalue weighted by atomic mass is 10.2. The molecule has 3 rings (SSSR count). The monoisotopic (exact) mass is 305 g/mol. The van der Waals surface area contributed by atoms with E-state index in [0.29, 0.717) is 31.0 Å². The third kappa shape index (κ3) is 4.48. The molecule has 1 aromatic rings. The molecular formula is C17H23NO2S. The van der Waals surface area contributed by atoms with E-state index in [1.807, 2.05) is 22.7 Å². The van der Waals surface area contributed by atoms with Crippen molar-refractivity contribution < 1.29 is 9.53 Å². The van der Waals surface area contributed by atoms with Crippen molar-refractivity contribution in [3.8, 4) is 0 Å². The van der Waals surface area contributed by atoms with Crippen LogP contribution in [0.15, 0.2) is 30.3 Å². The zero-order valence-corrected chi connectivity index (χ0v) is 13.2. The molecule has 1 aromatic carbocycles. The van der Waals surface area contributed by atoms with E-state index in [0.717, 1.165) is 24.6 Å². The first-order chi connectivity index (χ1) is 10.3. The van der Waals surface area contributed by atoms with E-state index in [2.05, 4.69) is 24.3 Å². The molecular weight excluding hydrogens is 282 g/mol. The Labute approximate surface area is 131 Å². The molecule has 114 valence electrons. The van der Waals surface area contributed by atoms with Gasteiger partial charge in [0.15, 0.2) is 0 Å². The van der Waals surface area contributed by atoms with Crippen molar-refractivity contribution >= 4 is 17.7 Å². The van der Waals surface area contributed by atoms with Crippen molar-refractivity contribution in [2.75, 3.05) is 25.4 Å². The number of carbonyl (C=O) groups is 1. The van der Waals surface area contributed by atoms with E-state index in [-0.39, 0.29) is 0 Å². The molecule has 1 saturated heterocycles. The van der Waals surface area contributed by atoms with Crippen LogP contribution in [0.1, 0.15) is 24.8 Å². The van der Waals surface area contributed by atoms with Crippen LogP contribution in [0.2, 0.25) is 0 Å². The van der Waals surface area contributed by atoms with Gasteiger partial charge in [-0.2, -0.15) is 11.8 Å². The highest BCUT2D eigenvalue weighted by atomic mass is 32.2. The minimum absolute atomic E-state index is 0.296. The normalized spacial score (nSPS) is 22.3. The molecule has 21 heavy (non-hydrogen) atoms. The third-order valence-corrected chi connectivity index (χ3v) is 5.20. The maximum absolute atomic E-state index is 12.3. The van der Waals surface area contributed by atoms with Gasteiger partial charge in [-0.3, -0.25) is 4.79 Å². The Balaban J connectivity index is 1.35. The molecule has 0 spiro atoms. The van der Waals surface area contributed by atoms with Crippen molar-refractivity contribution in [1.29, 1.82) is 0 Å². The fraction of sp³-hybridized carbons (Fsp3) is 0.588. The van der Waals surface area contributed by atoms with Crippen LogP contribution in [0.25, 0.3) is 0 Å². The van der Waals surface area contributed by atoms with Gasteiger partial charge >= 0.3 is 0 Å². The molecule has 0 bridgehead atoms. The summed E-state index contributed by atoms with van der Waals surface area (Å²) in [7, 11) is 0. The first-order valence-corrected chi connectivity index (χ1v) is 8.99. The van der Waals surface area contributed by atoms with Gasteiger partial charge in [-0.1, -0.05) is 30.3 Å². The number of nitrogens with zero attached hydrogens (tertiary/aromatic N) is 1. The van der Waals surface area contributed by atoms with Gasteiger partial charge in [0.1, 0.15) is 0 Å². The van der Waals surface area contributed by atoms with Crippen LogP contribution >= 0.6 is 11.8 Å². The zero-order valence-electron chi connectivity index (χ0n) is 12.4. The highest BCUT2D eigenvalue weighted by Gasteiger charge is 2.36. The zero-order chi connectivity index (χ0) is 14.5.